The van der Waals surface area contributed by atoms with Crippen molar-refractivity contribution in [1.82, 2.24) is 10.3 Å². The molecule has 2 heterocycles. The lowest BCUT2D eigenvalue weighted by molar-refractivity contribution is 0.0926. The van der Waals surface area contributed by atoms with E-state index in [9.17, 15) is 14.4 Å². The van der Waals surface area contributed by atoms with Gasteiger partial charge < -0.3 is 5.32 Å². The van der Waals surface area contributed by atoms with Gasteiger partial charge in [0.15, 0.2) is 5.13 Å². The molecule has 27 heavy (non-hydrogen) atoms. The van der Waals surface area contributed by atoms with Crippen LogP contribution in [-0.2, 0) is 6.54 Å². The number of benzene rings is 2. The summed E-state index contributed by atoms with van der Waals surface area (Å²) in [6.07, 6.45) is 1.61. The number of imide groups is 1. The zero-order chi connectivity index (χ0) is 18.8. The van der Waals surface area contributed by atoms with Crippen molar-refractivity contribution in [3.05, 3.63) is 76.8 Å². The molecule has 4 rings (SSSR count). The van der Waals surface area contributed by atoms with E-state index in [2.05, 4.69) is 15.6 Å². The largest absolute Gasteiger partial charge is 0.334 e. The Balaban J connectivity index is 1.42. The molecule has 1 aromatic heterocycles. The molecule has 0 atom stereocenters. The van der Waals surface area contributed by atoms with Gasteiger partial charge in [0, 0.05) is 18.1 Å². The average molecular weight is 378 g/mol. The lowest BCUT2D eigenvalue weighted by Gasteiger charge is -2.14. The minimum absolute atomic E-state index is 0.305. The summed E-state index contributed by atoms with van der Waals surface area (Å²) >= 11 is 1.33. The minimum Gasteiger partial charge on any atom is -0.334 e. The van der Waals surface area contributed by atoms with Crippen LogP contribution in [0.3, 0.4) is 0 Å². The Hall–Kier alpha value is -3.52. The predicted molar refractivity (Wildman–Crippen MR) is 102 cm³/mol. The number of rotatable bonds is 4. The quantitative estimate of drug-likeness (QED) is 0.682. The third kappa shape index (κ3) is 3.30. The van der Waals surface area contributed by atoms with E-state index < -0.39 is 0 Å². The molecule has 3 aromatic rings. The number of hydrogen-bond donors (Lipinski definition) is 2. The van der Waals surface area contributed by atoms with Crippen molar-refractivity contribution < 1.29 is 14.4 Å². The summed E-state index contributed by atoms with van der Waals surface area (Å²) in [6, 6.07) is 13.3. The smallest absolute Gasteiger partial charge is 0.321 e. The number of thiazole rings is 1. The predicted octanol–water partition coefficient (Wildman–Crippen LogP) is 3.27. The summed E-state index contributed by atoms with van der Waals surface area (Å²) in [5.41, 5.74) is 2.15. The minimum atomic E-state index is -0.352. The number of hydrogen-bond acceptors (Lipinski definition) is 5. The van der Waals surface area contributed by atoms with Crippen molar-refractivity contribution in [2.24, 2.45) is 0 Å². The monoisotopic (exact) mass is 378 g/mol. The standard InChI is InChI=1S/C19H14N4O3S/c24-16-14-3-1-2-4-15(14)17(25)23(16)13-7-5-12(6-8-13)11-21-18(26)22-19-20-9-10-27-19/h1-10H,11H2,(H2,20,21,22,26). The third-order valence-electron chi connectivity index (χ3n) is 4.09. The molecule has 0 bridgehead atoms. The molecule has 0 aliphatic carbocycles. The van der Waals surface area contributed by atoms with Gasteiger partial charge in [0.05, 0.1) is 16.8 Å². The molecule has 0 spiro atoms. The van der Waals surface area contributed by atoms with E-state index >= 15 is 0 Å². The molecule has 4 amide bonds. The molecule has 134 valence electrons. The Morgan fingerprint density at radius 1 is 1.00 bits per heavy atom. The fourth-order valence-corrected chi connectivity index (χ4v) is 3.32. The fourth-order valence-electron chi connectivity index (χ4n) is 2.80. The van der Waals surface area contributed by atoms with Gasteiger partial charge in [0.1, 0.15) is 0 Å². The normalized spacial score (nSPS) is 12.8. The number of fused-ring (bicyclic) bond motifs is 1. The SMILES string of the molecule is O=C(NCc1ccc(N2C(=O)c3ccccc3C2=O)cc1)Nc1nccs1. The van der Waals surface area contributed by atoms with Gasteiger partial charge in [0.2, 0.25) is 0 Å². The Morgan fingerprint density at radius 3 is 2.26 bits per heavy atom. The van der Waals surface area contributed by atoms with E-state index in [-0.39, 0.29) is 17.8 Å². The lowest BCUT2D eigenvalue weighted by Crippen LogP contribution is -2.29. The summed E-state index contributed by atoms with van der Waals surface area (Å²) in [4.78, 5) is 41.9. The molecule has 0 saturated carbocycles. The van der Waals surface area contributed by atoms with Crippen LogP contribution in [0.1, 0.15) is 26.3 Å². The molecule has 0 saturated heterocycles. The number of nitrogens with zero attached hydrogens (tertiary/aromatic N) is 2. The van der Waals surface area contributed by atoms with E-state index in [0.29, 0.717) is 28.5 Å². The van der Waals surface area contributed by atoms with Crippen LogP contribution in [0.4, 0.5) is 15.6 Å². The van der Waals surface area contributed by atoms with Crippen LogP contribution in [-0.4, -0.2) is 22.8 Å². The number of amides is 4. The molecular weight excluding hydrogens is 364 g/mol. The number of urea groups is 1. The maximum absolute atomic E-state index is 12.5. The molecule has 0 unspecified atom stereocenters. The maximum Gasteiger partial charge on any atom is 0.321 e. The Kier molecular flexibility index (Phi) is 4.39. The zero-order valence-electron chi connectivity index (χ0n) is 14.0. The lowest BCUT2D eigenvalue weighted by atomic mass is 10.1. The van der Waals surface area contributed by atoms with Gasteiger partial charge in [0.25, 0.3) is 11.8 Å². The van der Waals surface area contributed by atoms with Gasteiger partial charge in [-0.15, -0.1) is 11.3 Å². The van der Waals surface area contributed by atoms with Gasteiger partial charge in [-0.1, -0.05) is 24.3 Å². The summed E-state index contributed by atoms with van der Waals surface area (Å²) in [5, 5.41) is 7.65. The molecule has 0 fully saturated rings. The summed E-state index contributed by atoms with van der Waals surface area (Å²) in [6.45, 7) is 0.305. The van der Waals surface area contributed by atoms with Gasteiger partial charge in [-0.25, -0.2) is 14.7 Å². The highest BCUT2D eigenvalue weighted by Gasteiger charge is 2.36. The highest BCUT2D eigenvalue weighted by Crippen LogP contribution is 2.28. The van der Waals surface area contributed by atoms with E-state index in [4.69, 9.17) is 0 Å². The topological polar surface area (TPSA) is 91.4 Å². The second kappa shape index (κ2) is 7.00. The summed E-state index contributed by atoms with van der Waals surface area (Å²) < 4.78 is 0. The van der Waals surface area contributed by atoms with Crippen LogP contribution in [0.15, 0.2) is 60.1 Å². The molecule has 1 aliphatic heterocycles. The van der Waals surface area contributed by atoms with Crippen molar-refractivity contribution in [3.63, 3.8) is 0 Å². The second-order valence-electron chi connectivity index (χ2n) is 5.80. The van der Waals surface area contributed by atoms with Crippen LogP contribution < -0.4 is 15.5 Å². The number of aromatic nitrogens is 1. The molecule has 7 nitrogen and oxygen atoms in total. The first-order chi connectivity index (χ1) is 13.1. The van der Waals surface area contributed by atoms with E-state index in [1.807, 2.05) is 0 Å². The van der Waals surface area contributed by atoms with Crippen molar-refractivity contribution in [2.75, 3.05) is 10.2 Å². The molecule has 8 heteroatoms. The van der Waals surface area contributed by atoms with Gasteiger partial charge in [-0.3, -0.25) is 14.9 Å². The summed E-state index contributed by atoms with van der Waals surface area (Å²) in [7, 11) is 0. The van der Waals surface area contributed by atoms with Crippen LogP contribution in [0, 0.1) is 0 Å². The first-order valence-corrected chi connectivity index (χ1v) is 9.02. The number of nitrogens with one attached hydrogen (secondary N) is 2. The molecule has 0 radical (unpaired) electrons. The highest BCUT2D eigenvalue weighted by molar-refractivity contribution is 7.13. The summed E-state index contributed by atoms with van der Waals surface area (Å²) in [5.74, 6) is -0.659. The average Bonchev–Trinajstić information content (AvgIpc) is 3.28. The van der Waals surface area contributed by atoms with Crippen LogP contribution in [0.5, 0.6) is 0 Å². The molecule has 2 aromatic carbocycles. The maximum atomic E-state index is 12.5. The van der Waals surface area contributed by atoms with Crippen molar-refractivity contribution in [2.45, 2.75) is 6.54 Å². The number of carbonyl (C=O) groups is 3. The zero-order valence-corrected chi connectivity index (χ0v) is 14.8. The Labute approximate surface area is 158 Å². The van der Waals surface area contributed by atoms with Gasteiger partial charge >= 0.3 is 6.03 Å². The van der Waals surface area contributed by atoms with Crippen LogP contribution in [0.2, 0.25) is 0 Å². The Bertz CT molecular complexity index is 981. The fraction of sp³-hybridized carbons (Fsp3) is 0.0526. The van der Waals surface area contributed by atoms with E-state index in [1.54, 1.807) is 60.1 Å². The van der Waals surface area contributed by atoms with E-state index in [1.165, 1.54) is 11.3 Å². The van der Waals surface area contributed by atoms with Crippen LogP contribution >= 0.6 is 11.3 Å². The van der Waals surface area contributed by atoms with Gasteiger partial charge in [-0.2, -0.15) is 0 Å². The van der Waals surface area contributed by atoms with Crippen molar-refractivity contribution >= 4 is 40.0 Å². The third-order valence-corrected chi connectivity index (χ3v) is 4.78. The highest BCUT2D eigenvalue weighted by atomic mass is 32.1. The number of carbonyl (C=O) groups excluding carboxylic acids is 3. The van der Waals surface area contributed by atoms with Crippen LogP contribution in [0.25, 0.3) is 0 Å². The van der Waals surface area contributed by atoms with Crippen molar-refractivity contribution in [3.8, 4) is 0 Å². The first kappa shape index (κ1) is 16.9. The van der Waals surface area contributed by atoms with Gasteiger partial charge in [-0.05, 0) is 29.8 Å². The number of anilines is 2. The first-order valence-electron chi connectivity index (χ1n) is 8.14. The van der Waals surface area contributed by atoms with E-state index in [0.717, 1.165) is 10.5 Å². The molecule has 1 aliphatic rings. The Morgan fingerprint density at radius 2 is 1.67 bits per heavy atom. The second-order valence-corrected chi connectivity index (χ2v) is 6.70. The molecule has 2 N–H and O–H groups in total. The van der Waals surface area contributed by atoms with Crippen molar-refractivity contribution in [1.29, 1.82) is 0 Å². The molecular formula is C19H14N4O3S.